The van der Waals surface area contributed by atoms with Gasteiger partial charge < -0.3 is 14.4 Å². The van der Waals surface area contributed by atoms with Crippen LogP contribution in [0, 0.1) is 0 Å². The Labute approximate surface area is 173 Å². The van der Waals surface area contributed by atoms with Crippen molar-refractivity contribution < 1.29 is 9.47 Å². The number of piperazine rings is 1. The Hall–Kier alpha value is -2.98. The third kappa shape index (κ3) is 4.38. The minimum atomic E-state index is 0.891. The van der Waals surface area contributed by atoms with Crippen LogP contribution in [-0.2, 0) is 6.54 Å². The maximum absolute atomic E-state index is 5.54. The van der Waals surface area contributed by atoms with Gasteiger partial charge in [-0.25, -0.2) is 0 Å². The summed E-state index contributed by atoms with van der Waals surface area (Å²) in [5.41, 5.74) is 5.02. The first-order chi connectivity index (χ1) is 14.3. The number of ether oxygens (including phenoxy) is 2. The van der Waals surface area contributed by atoms with Crippen LogP contribution in [-0.4, -0.2) is 45.3 Å². The third-order valence-electron chi connectivity index (χ3n) is 5.59. The molecular formula is C25H28N2O2. The van der Waals surface area contributed by atoms with Gasteiger partial charge in [-0.2, -0.15) is 0 Å². The van der Waals surface area contributed by atoms with Crippen molar-refractivity contribution >= 4 is 5.69 Å². The highest BCUT2D eigenvalue weighted by molar-refractivity contribution is 5.68. The summed E-state index contributed by atoms with van der Waals surface area (Å²) in [5.74, 6) is 1.84. The normalized spacial score (nSPS) is 14.6. The first-order valence-corrected chi connectivity index (χ1v) is 10.1. The molecule has 1 heterocycles. The van der Waals surface area contributed by atoms with Crippen LogP contribution in [0.25, 0.3) is 11.1 Å². The van der Waals surface area contributed by atoms with Crippen LogP contribution in [0.15, 0.2) is 72.8 Å². The second-order valence-electron chi connectivity index (χ2n) is 7.32. The van der Waals surface area contributed by atoms with Crippen LogP contribution >= 0.6 is 0 Å². The van der Waals surface area contributed by atoms with Gasteiger partial charge in [0.15, 0.2) is 0 Å². The van der Waals surface area contributed by atoms with Crippen molar-refractivity contribution in [2.45, 2.75) is 6.54 Å². The molecule has 0 N–H and O–H groups in total. The summed E-state index contributed by atoms with van der Waals surface area (Å²) in [6.07, 6.45) is 0. The predicted octanol–water partition coefficient (Wildman–Crippen LogP) is 4.69. The van der Waals surface area contributed by atoms with Crippen LogP contribution in [0.2, 0.25) is 0 Å². The Morgan fingerprint density at radius 1 is 0.759 bits per heavy atom. The molecule has 0 atom stereocenters. The van der Waals surface area contributed by atoms with Gasteiger partial charge in [-0.3, -0.25) is 4.90 Å². The quantitative estimate of drug-likeness (QED) is 0.611. The summed E-state index contributed by atoms with van der Waals surface area (Å²) in [7, 11) is 3.46. The van der Waals surface area contributed by atoms with Crippen LogP contribution < -0.4 is 14.4 Å². The molecule has 0 bridgehead atoms. The monoisotopic (exact) mass is 388 g/mol. The zero-order valence-electron chi connectivity index (χ0n) is 17.2. The second-order valence-corrected chi connectivity index (χ2v) is 7.32. The predicted molar refractivity (Wildman–Crippen MR) is 119 cm³/mol. The number of benzene rings is 3. The van der Waals surface area contributed by atoms with E-state index in [0.717, 1.165) is 44.2 Å². The molecule has 3 aromatic carbocycles. The molecule has 0 unspecified atom stereocenters. The molecule has 4 heteroatoms. The molecule has 0 aromatic heterocycles. The Morgan fingerprint density at radius 3 is 2.31 bits per heavy atom. The lowest BCUT2D eigenvalue weighted by molar-refractivity contribution is 0.249. The van der Waals surface area contributed by atoms with Gasteiger partial charge >= 0.3 is 0 Å². The van der Waals surface area contributed by atoms with Crippen molar-refractivity contribution in [1.29, 1.82) is 0 Å². The van der Waals surface area contributed by atoms with E-state index in [1.54, 1.807) is 14.2 Å². The molecular weight excluding hydrogens is 360 g/mol. The highest BCUT2D eigenvalue weighted by Crippen LogP contribution is 2.30. The lowest BCUT2D eigenvalue weighted by atomic mass is 9.99. The van der Waals surface area contributed by atoms with Gasteiger partial charge in [0.2, 0.25) is 0 Å². The summed E-state index contributed by atoms with van der Waals surface area (Å²) in [4.78, 5) is 4.95. The second kappa shape index (κ2) is 9.01. The number of anilines is 1. The van der Waals surface area contributed by atoms with Crippen molar-refractivity contribution in [1.82, 2.24) is 4.90 Å². The average molecular weight is 389 g/mol. The first kappa shape index (κ1) is 19.3. The molecule has 1 aliphatic rings. The molecule has 0 saturated carbocycles. The van der Waals surface area contributed by atoms with Crippen LogP contribution in [0.4, 0.5) is 5.69 Å². The zero-order valence-corrected chi connectivity index (χ0v) is 17.2. The zero-order chi connectivity index (χ0) is 20.1. The molecule has 0 amide bonds. The smallest absolute Gasteiger partial charge is 0.142 e. The number of hydrogen-bond donors (Lipinski definition) is 0. The van der Waals surface area contributed by atoms with Gasteiger partial charge in [0.05, 0.1) is 19.9 Å². The molecule has 1 fully saturated rings. The topological polar surface area (TPSA) is 24.9 Å². The van der Waals surface area contributed by atoms with E-state index >= 15 is 0 Å². The lowest BCUT2D eigenvalue weighted by Gasteiger charge is -2.37. The maximum Gasteiger partial charge on any atom is 0.142 e. The molecule has 4 rings (SSSR count). The molecule has 1 aliphatic heterocycles. The van der Waals surface area contributed by atoms with Crippen molar-refractivity contribution in [3.8, 4) is 22.6 Å². The standard InChI is InChI=1S/C25H28N2O2/c1-28-22-10-7-9-20(18-22)23-11-4-3-8-21(23)19-26-14-16-27(17-15-26)24-12-5-6-13-25(24)29-2/h3-13,18H,14-17,19H2,1-2H3. The molecule has 1 saturated heterocycles. The van der Waals surface area contributed by atoms with E-state index in [1.807, 2.05) is 18.2 Å². The molecule has 0 aliphatic carbocycles. The van der Waals surface area contributed by atoms with Crippen molar-refractivity contribution in [3.63, 3.8) is 0 Å². The van der Waals surface area contributed by atoms with E-state index in [-0.39, 0.29) is 0 Å². The molecule has 3 aromatic rings. The fourth-order valence-electron chi connectivity index (χ4n) is 4.01. The fraction of sp³-hybridized carbons (Fsp3) is 0.280. The highest BCUT2D eigenvalue weighted by atomic mass is 16.5. The summed E-state index contributed by atoms with van der Waals surface area (Å²) in [6, 6.07) is 25.3. The van der Waals surface area contributed by atoms with Gasteiger partial charge in [-0.1, -0.05) is 48.5 Å². The van der Waals surface area contributed by atoms with Crippen LogP contribution in [0.1, 0.15) is 5.56 Å². The largest absolute Gasteiger partial charge is 0.497 e. The first-order valence-electron chi connectivity index (χ1n) is 10.1. The molecule has 0 spiro atoms. The molecule has 0 radical (unpaired) electrons. The van der Waals surface area contributed by atoms with Crippen molar-refractivity contribution in [2.24, 2.45) is 0 Å². The summed E-state index contributed by atoms with van der Waals surface area (Å²) >= 11 is 0. The highest BCUT2D eigenvalue weighted by Gasteiger charge is 2.20. The van der Waals surface area contributed by atoms with E-state index < -0.39 is 0 Å². The SMILES string of the molecule is COc1cccc(-c2ccccc2CN2CCN(c3ccccc3OC)CC2)c1. The van der Waals surface area contributed by atoms with Crippen LogP contribution in [0.5, 0.6) is 11.5 Å². The summed E-state index contributed by atoms with van der Waals surface area (Å²) in [6.45, 7) is 5.02. The Bertz CT molecular complexity index is 949. The van der Waals surface area contributed by atoms with Gasteiger partial charge in [-0.15, -0.1) is 0 Å². The molecule has 150 valence electrons. The minimum Gasteiger partial charge on any atom is -0.497 e. The third-order valence-corrected chi connectivity index (χ3v) is 5.59. The number of methoxy groups -OCH3 is 2. The van der Waals surface area contributed by atoms with E-state index in [9.17, 15) is 0 Å². The lowest BCUT2D eigenvalue weighted by Crippen LogP contribution is -2.46. The molecule has 4 nitrogen and oxygen atoms in total. The van der Waals surface area contributed by atoms with E-state index in [2.05, 4.69) is 64.4 Å². The minimum absolute atomic E-state index is 0.891. The number of nitrogens with zero attached hydrogens (tertiary/aromatic N) is 2. The maximum atomic E-state index is 5.54. The van der Waals surface area contributed by atoms with Crippen molar-refractivity contribution in [2.75, 3.05) is 45.3 Å². The van der Waals surface area contributed by atoms with E-state index in [1.165, 1.54) is 22.4 Å². The molecule has 29 heavy (non-hydrogen) atoms. The van der Waals surface area contributed by atoms with Gasteiger partial charge in [-0.05, 0) is 41.0 Å². The Balaban J connectivity index is 1.46. The summed E-state index contributed by atoms with van der Waals surface area (Å²) < 4.78 is 11.0. The average Bonchev–Trinajstić information content (AvgIpc) is 2.80. The fourth-order valence-corrected chi connectivity index (χ4v) is 4.01. The number of para-hydroxylation sites is 2. The van der Waals surface area contributed by atoms with Crippen molar-refractivity contribution in [3.05, 3.63) is 78.4 Å². The van der Waals surface area contributed by atoms with E-state index in [0.29, 0.717) is 0 Å². The van der Waals surface area contributed by atoms with Gasteiger partial charge in [0.1, 0.15) is 11.5 Å². The number of hydrogen-bond acceptors (Lipinski definition) is 4. The van der Waals surface area contributed by atoms with E-state index in [4.69, 9.17) is 9.47 Å². The Morgan fingerprint density at radius 2 is 1.52 bits per heavy atom. The number of rotatable bonds is 6. The van der Waals surface area contributed by atoms with Gasteiger partial charge in [0.25, 0.3) is 0 Å². The Kier molecular flexibility index (Phi) is 6.01. The van der Waals surface area contributed by atoms with Gasteiger partial charge in [0, 0.05) is 32.7 Å². The van der Waals surface area contributed by atoms with Crippen LogP contribution in [0.3, 0.4) is 0 Å². The summed E-state index contributed by atoms with van der Waals surface area (Å²) in [5, 5.41) is 0.